The van der Waals surface area contributed by atoms with Crippen LogP contribution in [0.2, 0.25) is 0 Å². The lowest BCUT2D eigenvalue weighted by molar-refractivity contribution is 0.0256. The highest BCUT2D eigenvalue weighted by Gasteiger charge is 2.24. The predicted octanol–water partition coefficient (Wildman–Crippen LogP) is 4.56. The van der Waals surface area contributed by atoms with Gasteiger partial charge in [-0.3, -0.25) is 0 Å². The highest BCUT2D eigenvalue weighted by Crippen LogP contribution is 2.26. The van der Waals surface area contributed by atoms with Gasteiger partial charge in [-0.1, -0.05) is 52.0 Å². The molecule has 0 aliphatic heterocycles. The standard InChI is InChI=1S/C17H24O2/c1-12(2)14-7-9-15(10-8-14)16(18)19-11-17(5,6)13(3)4/h7-10,13H,1,11H2,2-6H3. The molecule has 1 aromatic rings. The minimum absolute atomic E-state index is 0.00664. The molecular formula is C17H24O2. The van der Waals surface area contributed by atoms with Crippen LogP contribution in [0.1, 0.15) is 50.5 Å². The molecule has 0 atom stereocenters. The number of esters is 1. The van der Waals surface area contributed by atoms with Crippen molar-refractivity contribution >= 4 is 11.5 Å². The molecule has 104 valence electrons. The first-order valence-electron chi connectivity index (χ1n) is 6.67. The average molecular weight is 260 g/mol. The van der Waals surface area contributed by atoms with Crippen LogP contribution in [0.3, 0.4) is 0 Å². The third-order valence-corrected chi connectivity index (χ3v) is 3.75. The van der Waals surface area contributed by atoms with Gasteiger partial charge >= 0.3 is 5.97 Å². The molecule has 0 saturated carbocycles. The number of rotatable bonds is 5. The van der Waals surface area contributed by atoms with Crippen molar-refractivity contribution in [3.05, 3.63) is 42.0 Å². The van der Waals surface area contributed by atoms with E-state index in [-0.39, 0.29) is 11.4 Å². The predicted molar refractivity (Wildman–Crippen MR) is 80.1 cm³/mol. The lowest BCUT2D eigenvalue weighted by Crippen LogP contribution is -2.27. The van der Waals surface area contributed by atoms with E-state index in [0.29, 0.717) is 18.1 Å². The molecule has 0 aliphatic carbocycles. The fourth-order valence-corrected chi connectivity index (χ4v) is 1.39. The quantitative estimate of drug-likeness (QED) is 0.725. The molecule has 0 heterocycles. The molecule has 0 saturated heterocycles. The summed E-state index contributed by atoms with van der Waals surface area (Å²) in [6, 6.07) is 7.36. The second kappa shape index (κ2) is 6.05. The lowest BCUT2D eigenvalue weighted by Gasteiger charge is -2.28. The molecule has 0 unspecified atom stereocenters. The molecule has 0 aromatic heterocycles. The second-order valence-electron chi connectivity index (χ2n) is 6.08. The fraction of sp³-hybridized carbons (Fsp3) is 0.471. The zero-order valence-corrected chi connectivity index (χ0v) is 12.6. The van der Waals surface area contributed by atoms with E-state index in [1.807, 2.05) is 19.1 Å². The van der Waals surface area contributed by atoms with Gasteiger partial charge in [-0.05, 0) is 30.5 Å². The van der Waals surface area contributed by atoms with E-state index < -0.39 is 0 Å². The van der Waals surface area contributed by atoms with Gasteiger partial charge in [-0.2, -0.15) is 0 Å². The fourth-order valence-electron chi connectivity index (χ4n) is 1.39. The number of ether oxygens (including phenoxy) is 1. The topological polar surface area (TPSA) is 26.3 Å². The Kier molecular flexibility index (Phi) is 4.93. The summed E-state index contributed by atoms with van der Waals surface area (Å²) in [4.78, 5) is 12.0. The number of carbonyl (C=O) groups excluding carboxylic acids is 1. The molecule has 1 aromatic carbocycles. The summed E-state index contributed by atoms with van der Waals surface area (Å²) >= 11 is 0. The van der Waals surface area contributed by atoms with Crippen molar-refractivity contribution in [2.45, 2.75) is 34.6 Å². The monoisotopic (exact) mass is 260 g/mol. The molecule has 1 rings (SSSR count). The second-order valence-corrected chi connectivity index (χ2v) is 6.08. The third-order valence-electron chi connectivity index (χ3n) is 3.75. The van der Waals surface area contributed by atoms with E-state index in [2.05, 4.69) is 34.3 Å². The zero-order valence-electron chi connectivity index (χ0n) is 12.6. The molecule has 19 heavy (non-hydrogen) atoms. The molecule has 0 fully saturated rings. The lowest BCUT2D eigenvalue weighted by atomic mass is 9.82. The Morgan fingerprint density at radius 3 is 2.11 bits per heavy atom. The van der Waals surface area contributed by atoms with Crippen LogP contribution < -0.4 is 0 Å². The van der Waals surface area contributed by atoms with E-state index >= 15 is 0 Å². The van der Waals surface area contributed by atoms with Crippen LogP contribution in [0, 0.1) is 11.3 Å². The number of hydrogen-bond donors (Lipinski definition) is 0. The van der Waals surface area contributed by atoms with Crippen molar-refractivity contribution in [2.24, 2.45) is 11.3 Å². The number of hydrogen-bond acceptors (Lipinski definition) is 2. The highest BCUT2D eigenvalue weighted by atomic mass is 16.5. The Bertz CT molecular complexity index is 453. The van der Waals surface area contributed by atoms with Gasteiger partial charge in [0.05, 0.1) is 12.2 Å². The van der Waals surface area contributed by atoms with Crippen molar-refractivity contribution in [2.75, 3.05) is 6.61 Å². The van der Waals surface area contributed by atoms with Crippen molar-refractivity contribution in [1.82, 2.24) is 0 Å². The van der Waals surface area contributed by atoms with Crippen molar-refractivity contribution in [3.63, 3.8) is 0 Å². The van der Waals surface area contributed by atoms with Gasteiger partial charge < -0.3 is 4.74 Å². The van der Waals surface area contributed by atoms with E-state index in [1.165, 1.54) is 0 Å². The van der Waals surface area contributed by atoms with E-state index in [1.54, 1.807) is 12.1 Å². The number of benzene rings is 1. The van der Waals surface area contributed by atoms with Crippen molar-refractivity contribution in [1.29, 1.82) is 0 Å². The van der Waals surface area contributed by atoms with Gasteiger partial charge in [-0.15, -0.1) is 0 Å². The van der Waals surface area contributed by atoms with Crippen LogP contribution in [0.4, 0.5) is 0 Å². The largest absolute Gasteiger partial charge is 0.462 e. The molecule has 0 aliphatic rings. The van der Waals surface area contributed by atoms with Crippen LogP contribution in [-0.2, 0) is 4.74 Å². The maximum atomic E-state index is 12.0. The Hall–Kier alpha value is -1.57. The van der Waals surface area contributed by atoms with Crippen LogP contribution in [0.15, 0.2) is 30.8 Å². The summed E-state index contributed by atoms with van der Waals surface area (Å²) in [5, 5.41) is 0. The number of allylic oxidation sites excluding steroid dienone is 1. The van der Waals surface area contributed by atoms with Gasteiger partial charge in [0.1, 0.15) is 0 Å². The maximum absolute atomic E-state index is 12.0. The van der Waals surface area contributed by atoms with Gasteiger partial charge in [0.2, 0.25) is 0 Å². The molecule has 0 N–H and O–H groups in total. The Morgan fingerprint density at radius 2 is 1.68 bits per heavy atom. The van der Waals surface area contributed by atoms with Crippen LogP contribution >= 0.6 is 0 Å². The molecule has 0 bridgehead atoms. The molecule has 0 amide bonds. The highest BCUT2D eigenvalue weighted by molar-refractivity contribution is 5.89. The summed E-state index contributed by atoms with van der Waals surface area (Å²) in [5.41, 5.74) is 2.61. The van der Waals surface area contributed by atoms with E-state index in [9.17, 15) is 4.79 Å². The minimum Gasteiger partial charge on any atom is -0.462 e. The maximum Gasteiger partial charge on any atom is 0.338 e. The van der Waals surface area contributed by atoms with Crippen LogP contribution in [0.25, 0.3) is 5.57 Å². The first kappa shape index (κ1) is 15.5. The Morgan fingerprint density at radius 1 is 1.21 bits per heavy atom. The normalized spacial score (nSPS) is 11.5. The summed E-state index contributed by atoms with van der Waals surface area (Å²) in [6.07, 6.45) is 0. The van der Waals surface area contributed by atoms with Gasteiger partial charge in [-0.25, -0.2) is 4.79 Å². The first-order chi connectivity index (χ1) is 8.74. The summed E-state index contributed by atoms with van der Waals surface area (Å²) in [7, 11) is 0. The SMILES string of the molecule is C=C(C)c1ccc(C(=O)OCC(C)(C)C(C)C)cc1. The zero-order chi connectivity index (χ0) is 14.6. The van der Waals surface area contributed by atoms with Gasteiger partial charge in [0.25, 0.3) is 0 Å². The van der Waals surface area contributed by atoms with Crippen LogP contribution in [0.5, 0.6) is 0 Å². The smallest absolute Gasteiger partial charge is 0.338 e. The Balaban J connectivity index is 2.66. The third kappa shape index (κ3) is 4.23. The average Bonchev–Trinajstić information content (AvgIpc) is 2.36. The van der Waals surface area contributed by atoms with Gasteiger partial charge in [0.15, 0.2) is 0 Å². The summed E-state index contributed by atoms with van der Waals surface area (Å²) in [5.74, 6) is 0.202. The molecule has 2 heteroatoms. The van der Waals surface area contributed by atoms with Crippen molar-refractivity contribution in [3.8, 4) is 0 Å². The van der Waals surface area contributed by atoms with Gasteiger partial charge in [0, 0.05) is 5.41 Å². The summed E-state index contributed by atoms with van der Waals surface area (Å²) in [6.45, 7) is 14.7. The van der Waals surface area contributed by atoms with Crippen molar-refractivity contribution < 1.29 is 9.53 Å². The van der Waals surface area contributed by atoms with Crippen LogP contribution in [-0.4, -0.2) is 12.6 Å². The number of carbonyl (C=O) groups is 1. The summed E-state index contributed by atoms with van der Waals surface area (Å²) < 4.78 is 5.39. The minimum atomic E-state index is -0.262. The molecule has 0 radical (unpaired) electrons. The molecule has 0 spiro atoms. The van der Waals surface area contributed by atoms with E-state index in [0.717, 1.165) is 11.1 Å². The first-order valence-corrected chi connectivity index (χ1v) is 6.67. The van der Waals surface area contributed by atoms with E-state index in [4.69, 9.17) is 4.74 Å². The molecule has 2 nitrogen and oxygen atoms in total. The molecular weight excluding hydrogens is 236 g/mol. The Labute approximate surface area is 116 Å².